The Morgan fingerprint density at radius 1 is 1.03 bits per heavy atom. The van der Waals surface area contributed by atoms with E-state index in [1.165, 1.54) is 0 Å². The maximum atomic E-state index is 12.3. The molecule has 0 bridgehead atoms. The van der Waals surface area contributed by atoms with Crippen LogP contribution in [0.1, 0.15) is 28.3 Å². The van der Waals surface area contributed by atoms with E-state index >= 15 is 0 Å². The van der Waals surface area contributed by atoms with Gasteiger partial charge in [-0.25, -0.2) is 0 Å². The van der Waals surface area contributed by atoms with E-state index in [1.807, 2.05) is 43.3 Å². The number of hydrogen-bond acceptors (Lipinski definition) is 6. The Hall–Kier alpha value is -3.39. The second kappa shape index (κ2) is 10.5. The number of nitrogens with zero attached hydrogens (tertiary/aromatic N) is 4. The van der Waals surface area contributed by atoms with Crippen molar-refractivity contribution in [1.29, 1.82) is 0 Å². The summed E-state index contributed by atoms with van der Waals surface area (Å²) in [4.78, 5) is 14.7. The lowest BCUT2D eigenvalue weighted by molar-refractivity contribution is -0.120. The van der Waals surface area contributed by atoms with E-state index in [0.29, 0.717) is 13.0 Å². The van der Waals surface area contributed by atoms with Gasteiger partial charge in [-0.05, 0) is 18.6 Å². The molecule has 0 unspecified atom stereocenters. The molecule has 0 saturated heterocycles. The third-order valence-electron chi connectivity index (χ3n) is 6.10. The minimum Gasteiger partial charge on any atom is -0.496 e. The van der Waals surface area contributed by atoms with Crippen LogP contribution in [0.15, 0.2) is 42.5 Å². The summed E-state index contributed by atoms with van der Waals surface area (Å²) in [6, 6.07) is 13.8. The van der Waals surface area contributed by atoms with Crippen molar-refractivity contribution >= 4 is 5.91 Å². The Balaban J connectivity index is 1.37. The number of aromatic nitrogens is 3. The first-order valence-electron chi connectivity index (χ1n) is 11.2. The van der Waals surface area contributed by atoms with Gasteiger partial charge in [0.15, 0.2) is 5.82 Å². The number of benzene rings is 2. The highest BCUT2D eigenvalue weighted by molar-refractivity contribution is 5.78. The van der Waals surface area contributed by atoms with Crippen LogP contribution in [-0.2, 0) is 37.3 Å². The molecule has 0 saturated carbocycles. The van der Waals surface area contributed by atoms with Crippen LogP contribution in [0, 0.1) is 6.92 Å². The number of rotatable bonds is 8. The lowest BCUT2D eigenvalue weighted by Gasteiger charge is -2.22. The van der Waals surface area contributed by atoms with Gasteiger partial charge in [-0.1, -0.05) is 36.4 Å². The fourth-order valence-electron chi connectivity index (χ4n) is 4.34. The predicted octanol–water partition coefficient (Wildman–Crippen LogP) is 2.52. The van der Waals surface area contributed by atoms with Crippen molar-refractivity contribution < 1.29 is 14.3 Å². The first kappa shape index (κ1) is 22.8. The second-order valence-corrected chi connectivity index (χ2v) is 8.23. The average molecular weight is 450 g/mol. The standard InChI is InChI=1S/C25H31N5O3/c1-18-21(32-2)10-9-20(25(18)33-3)17-29-12-11-22-27-28-23(30(22)14-13-29)16-26-24(31)15-19-7-5-4-6-8-19/h4-10H,11-17H2,1-3H3,(H,26,31). The number of nitrogens with one attached hydrogen (secondary N) is 1. The fourth-order valence-corrected chi connectivity index (χ4v) is 4.34. The molecule has 0 aliphatic carbocycles. The number of methoxy groups -OCH3 is 2. The summed E-state index contributed by atoms with van der Waals surface area (Å²) < 4.78 is 13.2. The molecule has 1 aromatic heterocycles. The molecule has 1 N–H and O–H groups in total. The number of hydrogen-bond donors (Lipinski definition) is 1. The Bertz CT molecular complexity index is 1100. The average Bonchev–Trinajstić information content (AvgIpc) is 3.10. The lowest BCUT2D eigenvalue weighted by atomic mass is 10.1. The van der Waals surface area contributed by atoms with Crippen LogP contribution < -0.4 is 14.8 Å². The summed E-state index contributed by atoms with van der Waals surface area (Å²) in [5, 5.41) is 11.7. The molecule has 0 spiro atoms. The van der Waals surface area contributed by atoms with Gasteiger partial charge in [0, 0.05) is 43.7 Å². The van der Waals surface area contributed by atoms with Gasteiger partial charge in [0.05, 0.1) is 27.2 Å². The summed E-state index contributed by atoms with van der Waals surface area (Å²) in [5.74, 6) is 3.45. The van der Waals surface area contributed by atoms with Gasteiger partial charge >= 0.3 is 0 Å². The molecule has 0 radical (unpaired) electrons. The van der Waals surface area contributed by atoms with Crippen LogP contribution >= 0.6 is 0 Å². The predicted molar refractivity (Wildman–Crippen MR) is 125 cm³/mol. The highest BCUT2D eigenvalue weighted by Gasteiger charge is 2.21. The van der Waals surface area contributed by atoms with Gasteiger partial charge in [0.25, 0.3) is 0 Å². The smallest absolute Gasteiger partial charge is 0.224 e. The van der Waals surface area contributed by atoms with Gasteiger partial charge in [0.2, 0.25) is 5.91 Å². The molecular formula is C25H31N5O3. The van der Waals surface area contributed by atoms with Crippen molar-refractivity contribution in [2.75, 3.05) is 27.3 Å². The van der Waals surface area contributed by atoms with Crippen molar-refractivity contribution in [3.63, 3.8) is 0 Å². The molecule has 0 atom stereocenters. The normalized spacial score (nSPS) is 13.8. The highest BCUT2D eigenvalue weighted by Crippen LogP contribution is 2.32. The van der Waals surface area contributed by atoms with E-state index in [2.05, 4.69) is 31.0 Å². The number of ether oxygens (including phenoxy) is 2. The first-order chi connectivity index (χ1) is 16.1. The minimum absolute atomic E-state index is 0.0178. The van der Waals surface area contributed by atoms with E-state index in [-0.39, 0.29) is 5.91 Å². The molecule has 3 aromatic rings. The van der Waals surface area contributed by atoms with Crippen LogP contribution in [0.4, 0.5) is 0 Å². The zero-order valence-corrected chi connectivity index (χ0v) is 19.5. The zero-order chi connectivity index (χ0) is 23.2. The monoisotopic (exact) mass is 449 g/mol. The third-order valence-corrected chi connectivity index (χ3v) is 6.10. The lowest BCUT2D eigenvalue weighted by Crippen LogP contribution is -2.28. The van der Waals surface area contributed by atoms with Crippen molar-refractivity contribution in [2.24, 2.45) is 0 Å². The maximum absolute atomic E-state index is 12.3. The Labute approximate surface area is 194 Å². The van der Waals surface area contributed by atoms with Crippen LogP contribution in [0.3, 0.4) is 0 Å². The molecule has 1 aliphatic rings. The van der Waals surface area contributed by atoms with E-state index < -0.39 is 0 Å². The SMILES string of the molecule is COc1ccc(CN2CCc3nnc(CNC(=O)Cc4ccccc4)n3CC2)c(OC)c1C. The number of fused-ring (bicyclic) bond motifs is 1. The number of carbonyl (C=O) groups is 1. The largest absolute Gasteiger partial charge is 0.496 e. The first-order valence-corrected chi connectivity index (χ1v) is 11.2. The fraction of sp³-hybridized carbons (Fsp3) is 0.400. The van der Waals surface area contributed by atoms with E-state index in [9.17, 15) is 4.79 Å². The Kier molecular flexibility index (Phi) is 7.24. The van der Waals surface area contributed by atoms with Gasteiger partial charge in [-0.15, -0.1) is 10.2 Å². The number of carbonyl (C=O) groups excluding carboxylic acids is 1. The molecule has 2 heterocycles. The second-order valence-electron chi connectivity index (χ2n) is 8.23. The van der Waals surface area contributed by atoms with E-state index in [0.717, 1.165) is 72.4 Å². The topological polar surface area (TPSA) is 81.5 Å². The minimum atomic E-state index is -0.0178. The summed E-state index contributed by atoms with van der Waals surface area (Å²) >= 11 is 0. The van der Waals surface area contributed by atoms with Crippen molar-refractivity contribution in [1.82, 2.24) is 25.0 Å². The van der Waals surface area contributed by atoms with Crippen LogP contribution in [0.2, 0.25) is 0 Å². The Morgan fingerprint density at radius 3 is 2.61 bits per heavy atom. The number of amides is 1. The molecule has 2 aromatic carbocycles. The molecule has 1 amide bonds. The van der Waals surface area contributed by atoms with Crippen LogP contribution in [0.25, 0.3) is 0 Å². The molecule has 0 fully saturated rings. The van der Waals surface area contributed by atoms with Crippen LogP contribution in [0.5, 0.6) is 11.5 Å². The quantitative estimate of drug-likeness (QED) is 0.569. The summed E-state index contributed by atoms with van der Waals surface area (Å²) in [6.45, 7) is 5.71. The Morgan fingerprint density at radius 2 is 1.85 bits per heavy atom. The molecule has 1 aliphatic heterocycles. The van der Waals surface area contributed by atoms with Gasteiger partial charge in [0.1, 0.15) is 17.3 Å². The zero-order valence-electron chi connectivity index (χ0n) is 19.5. The van der Waals surface area contributed by atoms with Crippen molar-refractivity contribution in [3.8, 4) is 11.5 Å². The maximum Gasteiger partial charge on any atom is 0.224 e. The van der Waals surface area contributed by atoms with E-state index in [1.54, 1.807) is 14.2 Å². The summed E-state index contributed by atoms with van der Waals surface area (Å²) in [6.07, 6.45) is 1.17. The molecule has 4 rings (SSSR count). The van der Waals surface area contributed by atoms with Gasteiger partial charge in [-0.3, -0.25) is 9.69 Å². The molecule has 8 heteroatoms. The molecule has 8 nitrogen and oxygen atoms in total. The van der Waals surface area contributed by atoms with Crippen LogP contribution in [-0.4, -0.2) is 52.9 Å². The van der Waals surface area contributed by atoms with Gasteiger partial charge in [-0.2, -0.15) is 0 Å². The molecule has 33 heavy (non-hydrogen) atoms. The molecular weight excluding hydrogens is 418 g/mol. The van der Waals surface area contributed by atoms with Crippen molar-refractivity contribution in [2.45, 2.75) is 39.4 Å². The van der Waals surface area contributed by atoms with E-state index in [4.69, 9.17) is 9.47 Å². The summed E-state index contributed by atoms with van der Waals surface area (Å²) in [7, 11) is 3.38. The highest BCUT2D eigenvalue weighted by atomic mass is 16.5. The molecule has 174 valence electrons. The summed E-state index contributed by atoms with van der Waals surface area (Å²) in [5.41, 5.74) is 3.15. The van der Waals surface area contributed by atoms with Gasteiger partial charge < -0.3 is 19.4 Å². The third kappa shape index (κ3) is 5.34. The van der Waals surface area contributed by atoms with Crippen molar-refractivity contribution in [3.05, 3.63) is 70.8 Å².